The van der Waals surface area contributed by atoms with Crippen LogP contribution in [-0.2, 0) is 6.42 Å². The maximum Gasteiger partial charge on any atom is 0.133 e. The molecular weight excluding hydrogens is 198 g/mol. The molecule has 0 saturated carbocycles. The summed E-state index contributed by atoms with van der Waals surface area (Å²) < 4.78 is 0. The van der Waals surface area contributed by atoms with Crippen LogP contribution >= 0.6 is 22.7 Å². The Morgan fingerprint density at radius 1 is 1.46 bits per heavy atom. The zero-order chi connectivity index (χ0) is 9.26. The molecule has 0 aromatic carbocycles. The second-order valence-corrected chi connectivity index (χ2v) is 5.00. The van der Waals surface area contributed by atoms with Crippen LogP contribution in [-0.4, -0.2) is 4.98 Å². The smallest absolute Gasteiger partial charge is 0.133 e. The SMILES string of the molecule is CCc1nc(-c2cccs2)sc1C. The van der Waals surface area contributed by atoms with E-state index < -0.39 is 0 Å². The van der Waals surface area contributed by atoms with E-state index in [1.165, 1.54) is 20.5 Å². The molecule has 0 aliphatic rings. The topological polar surface area (TPSA) is 12.9 Å². The van der Waals surface area contributed by atoms with Gasteiger partial charge in [0.2, 0.25) is 0 Å². The molecule has 0 amide bonds. The summed E-state index contributed by atoms with van der Waals surface area (Å²) in [5, 5.41) is 3.27. The van der Waals surface area contributed by atoms with Gasteiger partial charge in [0.05, 0.1) is 10.6 Å². The number of thiazole rings is 1. The Bertz CT molecular complexity index is 387. The van der Waals surface area contributed by atoms with Gasteiger partial charge in [0.1, 0.15) is 5.01 Å². The molecule has 0 atom stereocenters. The monoisotopic (exact) mass is 209 g/mol. The van der Waals surface area contributed by atoms with Crippen molar-refractivity contribution in [3.05, 3.63) is 28.1 Å². The molecule has 68 valence electrons. The van der Waals surface area contributed by atoms with E-state index in [0.29, 0.717) is 0 Å². The van der Waals surface area contributed by atoms with Gasteiger partial charge in [0.25, 0.3) is 0 Å². The Labute approximate surface area is 86.1 Å². The summed E-state index contributed by atoms with van der Waals surface area (Å²) in [5.41, 5.74) is 1.24. The first-order chi connectivity index (χ1) is 6.31. The molecule has 0 spiro atoms. The van der Waals surface area contributed by atoms with Gasteiger partial charge >= 0.3 is 0 Å². The third kappa shape index (κ3) is 1.67. The van der Waals surface area contributed by atoms with Crippen LogP contribution in [0.4, 0.5) is 0 Å². The molecule has 0 unspecified atom stereocenters. The van der Waals surface area contributed by atoms with E-state index in [1.807, 2.05) is 0 Å². The zero-order valence-electron chi connectivity index (χ0n) is 7.70. The number of hydrogen-bond acceptors (Lipinski definition) is 3. The highest BCUT2D eigenvalue weighted by molar-refractivity contribution is 7.21. The summed E-state index contributed by atoms with van der Waals surface area (Å²) in [6, 6.07) is 4.20. The van der Waals surface area contributed by atoms with Crippen LogP contribution in [0.25, 0.3) is 9.88 Å². The second kappa shape index (κ2) is 3.60. The molecule has 0 fully saturated rings. The average molecular weight is 209 g/mol. The largest absolute Gasteiger partial charge is 0.240 e. The van der Waals surface area contributed by atoms with Gasteiger partial charge in [-0.15, -0.1) is 22.7 Å². The van der Waals surface area contributed by atoms with E-state index in [0.717, 1.165) is 6.42 Å². The minimum atomic E-state index is 1.04. The number of aromatic nitrogens is 1. The van der Waals surface area contributed by atoms with Gasteiger partial charge in [0, 0.05) is 4.88 Å². The lowest BCUT2D eigenvalue weighted by Crippen LogP contribution is -1.81. The van der Waals surface area contributed by atoms with Crippen molar-refractivity contribution < 1.29 is 0 Å². The first-order valence-electron chi connectivity index (χ1n) is 4.31. The summed E-state index contributed by atoms with van der Waals surface area (Å²) >= 11 is 3.55. The second-order valence-electron chi connectivity index (χ2n) is 2.85. The van der Waals surface area contributed by atoms with Gasteiger partial charge < -0.3 is 0 Å². The van der Waals surface area contributed by atoms with Gasteiger partial charge in [-0.3, -0.25) is 0 Å². The summed E-state index contributed by atoms with van der Waals surface area (Å²) in [4.78, 5) is 7.24. The summed E-state index contributed by atoms with van der Waals surface area (Å²) in [6.45, 7) is 4.30. The molecular formula is C10H11NS2. The van der Waals surface area contributed by atoms with Gasteiger partial charge in [-0.2, -0.15) is 0 Å². The van der Waals surface area contributed by atoms with E-state index in [-0.39, 0.29) is 0 Å². The molecule has 2 aromatic heterocycles. The lowest BCUT2D eigenvalue weighted by molar-refractivity contribution is 1.05. The van der Waals surface area contributed by atoms with Crippen LogP contribution in [0.3, 0.4) is 0 Å². The van der Waals surface area contributed by atoms with Crippen LogP contribution in [0.15, 0.2) is 17.5 Å². The Morgan fingerprint density at radius 2 is 2.31 bits per heavy atom. The molecule has 2 rings (SSSR count). The van der Waals surface area contributed by atoms with Crippen molar-refractivity contribution in [1.82, 2.24) is 4.98 Å². The van der Waals surface area contributed by atoms with Gasteiger partial charge in [-0.05, 0) is 24.8 Å². The molecule has 0 aliphatic carbocycles. The molecule has 0 bridgehead atoms. The van der Waals surface area contributed by atoms with Crippen LogP contribution in [0.5, 0.6) is 0 Å². The van der Waals surface area contributed by atoms with E-state index in [1.54, 1.807) is 22.7 Å². The van der Waals surface area contributed by atoms with Crippen molar-refractivity contribution in [2.45, 2.75) is 20.3 Å². The van der Waals surface area contributed by atoms with Crippen LogP contribution in [0.1, 0.15) is 17.5 Å². The molecule has 2 heterocycles. The standard InChI is InChI=1S/C10H11NS2/c1-3-8-7(2)13-10(11-8)9-5-4-6-12-9/h4-6H,3H2,1-2H3. The normalized spacial score (nSPS) is 10.6. The quantitative estimate of drug-likeness (QED) is 0.734. The van der Waals surface area contributed by atoms with Crippen LogP contribution in [0, 0.1) is 6.92 Å². The molecule has 0 saturated heterocycles. The van der Waals surface area contributed by atoms with E-state index >= 15 is 0 Å². The fourth-order valence-corrected chi connectivity index (χ4v) is 3.06. The minimum absolute atomic E-state index is 1.04. The molecule has 13 heavy (non-hydrogen) atoms. The Balaban J connectivity index is 2.43. The van der Waals surface area contributed by atoms with Crippen molar-refractivity contribution in [2.75, 3.05) is 0 Å². The zero-order valence-corrected chi connectivity index (χ0v) is 9.34. The number of nitrogens with zero attached hydrogens (tertiary/aromatic N) is 1. The van der Waals surface area contributed by atoms with Crippen LogP contribution in [0.2, 0.25) is 0 Å². The number of hydrogen-bond donors (Lipinski definition) is 0. The van der Waals surface area contributed by atoms with Crippen molar-refractivity contribution in [3.63, 3.8) is 0 Å². The van der Waals surface area contributed by atoms with Crippen LogP contribution < -0.4 is 0 Å². The molecule has 2 aromatic rings. The Kier molecular flexibility index (Phi) is 2.47. The van der Waals surface area contributed by atoms with Gasteiger partial charge in [-0.25, -0.2) is 4.98 Å². The average Bonchev–Trinajstić information content (AvgIpc) is 2.71. The summed E-state index contributed by atoms with van der Waals surface area (Å²) in [7, 11) is 0. The van der Waals surface area contributed by atoms with Crippen molar-refractivity contribution in [1.29, 1.82) is 0 Å². The Hall–Kier alpha value is -0.670. The first-order valence-corrected chi connectivity index (χ1v) is 6.01. The van der Waals surface area contributed by atoms with E-state index in [9.17, 15) is 0 Å². The third-order valence-electron chi connectivity index (χ3n) is 1.96. The third-order valence-corrected chi connectivity index (χ3v) is 4.01. The molecule has 0 N–H and O–H groups in total. The highest BCUT2D eigenvalue weighted by Crippen LogP contribution is 2.30. The first kappa shape index (κ1) is 8.91. The predicted octanol–water partition coefficient (Wildman–Crippen LogP) is 3.74. The van der Waals surface area contributed by atoms with Gasteiger partial charge in [-0.1, -0.05) is 13.0 Å². The maximum absolute atomic E-state index is 4.60. The molecule has 3 heteroatoms. The fourth-order valence-electron chi connectivity index (χ4n) is 1.26. The predicted molar refractivity (Wildman–Crippen MR) is 59.5 cm³/mol. The molecule has 0 aliphatic heterocycles. The summed E-state index contributed by atoms with van der Waals surface area (Å²) in [6.07, 6.45) is 1.04. The maximum atomic E-state index is 4.60. The summed E-state index contributed by atoms with van der Waals surface area (Å²) in [5.74, 6) is 0. The molecule has 1 nitrogen and oxygen atoms in total. The highest BCUT2D eigenvalue weighted by atomic mass is 32.1. The highest BCUT2D eigenvalue weighted by Gasteiger charge is 2.07. The van der Waals surface area contributed by atoms with E-state index in [4.69, 9.17) is 0 Å². The van der Waals surface area contributed by atoms with Gasteiger partial charge in [0.15, 0.2) is 0 Å². The van der Waals surface area contributed by atoms with E-state index in [2.05, 4.69) is 36.3 Å². The van der Waals surface area contributed by atoms with Crippen molar-refractivity contribution in [2.24, 2.45) is 0 Å². The minimum Gasteiger partial charge on any atom is -0.240 e. The number of rotatable bonds is 2. The van der Waals surface area contributed by atoms with Crippen molar-refractivity contribution >= 4 is 22.7 Å². The van der Waals surface area contributed by atoms with Crippen molar-refractivity contribution in [3.8, 4) is 9.88 Å². The number of thiophene rings is 1. The number of aryl methyl sites for hydroxylation is 2. The lowest BCUT2D eigenvalue weighted by atomic mass is 10.3. The molecule has 0 radical (unpaired) electrons. The lowest BCUT2D eigenvalue weighted by Gasteiger charge is -1.87. The Morgan fingerprint density at radius 3 is 2.85 bits per heavy atom. The fraction of sp³-hybridized carbons (Fsp3) is 0.300.